The Balaban J connectivity index is 3.07. The third-order valence-electron chi connectivity index (χ3n) is 3.11. The molecule has 1 rings (SSSR count). The van der Waals surface area contributed by atoms with Crippen molar-refractivity contribution in [1.82, 2.24) is 0 Å². The summed E-state index contributed by atoms with van der Waals surface area (Å²) in [5, 5.41) is 0. The van der Waals surface area contributed by atoms with Crippen molar-refractivity contribution in [3.8, 4) is 0 Å². The SMILES string of the molecule is CC1=CCC(=C(C)C=O)C(=O)CC(C)=CCC1. The first-order valence-corrected chi connectivity index (χ1v) is 6.04. The van der Waals surface area contributed by atoms with Gasteiger partial charge in [-0.15, -0.1) is 0 Å². The first-order chi connectivity index (χ1) is 8.04. The summed E-state index contributed by atoms with van der Waals surface area (Å²) in [5.74, 6) is 0.0781. The zero-order chi connectivity index (χ0) is 12.8. The van der Waals surface area contributed by atoms with E-state index in [1.165, 1.54) is 5.57 Å². The summed E-state index contributed by atoms with van der Waals surface area (Å²) in [6.07, 6.45) is 8.01. The summed E-state index contributed by atoms with van der Waals surface area (Å²) in [4.78, 5) is 22.9. The number of carbonyl (C=O) groups excluding carboxylic acids is 2. The highest BCUT2D eigenvalue weighted by atomic mass is 16.1. The van der Waals surface area contributed by atoms with Crippen molar-refractivity contribution >= 4 is 12.1 Å². The summed E-state index contributed by atoms with van der Waals surface area (Å²) in [6, 6.07) is 0. The lowest BCUT2D eigenvalue weighted by Gasteiger charge is -2.10. The highest BCUT2D eigenvalue weighted by Gasteiger charge is 2.13. The van der Waals surface area contributed by atoms with E-state index in [4.69, 9.17) is 0 Å². The van der Waals surface area contributed by atoms with Gasteiger partial charge in [0.15, 0.2) is 5.78 Å². The second-order valence-electron chi connectivity index (χ2n) is 4.72. The Labute approximate surface area is 103 Å². The topological polar surface area (TPSA) is 34.1 Å². The van der Waals surface area contributed by atoms with Crippen molar-refractivity contribution in [2.45, 2.75) is 46.5 Å². The van der Waals surface area contributed by atoms with Gasteiger partial charge in [0.25, 0.3) is 0 Å². The van der Waals surface area contributed by atoms with Crippen molar-refractivity contribution in [1.29, 1.82) is 0 Å². The molecule has 0 spiro atoms. The lowest BCUT2D eigenvalue weighted by atomic mass is 9.94. The Kier molecular flexibility index (Phi) is 5.08. The van der Waals surface area contributed by atoms with Crippen LogP contribution in [0, 0.1) is 0 Å². The molecule has 1 aliphatic carbocycles. The molecule has 0 aromatic carbocycles. The number of Topliss-reactive ketones (excluding diaryl/α,β-unsaturated/α-hetero) is 1. The molecule has 0 aliphatic heterocycles. The Hall–Kier alpha value is -1.44. The molecule has 2 heteroatoms. The van der Waals surface area contributed by atoms with Gasteiger partial charge in [-0.1, -0.05) is 23.3 Å². The third kappa shape index (κ3) is 4.14. The van der Waals surface area contributed by atoms with Crippen LogP contribution < -0.4 is 0 Å². The lowest BCUT2D eigenvalue weighted by Crippen LogP contribution is -2.07. The Morgan fingerprint density at radius 3 is 2.59 bits per heavy atom. The minimum atomic E-state index is 0.0781. The first kappa shape index (κ1) is 13.6. The Morgan fingerprint density at radius 1 is 1.24 bits per heavy atom. The molecule has 0 N–H and O–H groups in total. The summed E-state index contributed by atoms with van der Waals surface area (Å²) in [5.41, 5.74) is 3.60. The van der Waals surface area contributed by atoms with E-state index in [0.717, 1.165) is 24.7 Å². The fraction of sp³-hybridized carbons (Fsp3) is 0.467. The highest BCUT2D eigenvalue weighted by Crippen LogP contribution is 2.19. The predicted molar refractivity (Wildman–Crippen MR) is 69.8 cm³/mol. The molecule has 0 aromatic heterocycles. The summed E-state index contributed by atoms with van der Waals surface area (Å²) < 4.78 is 0. The number of hydrogen-bond donors (Lipinski definition) is 0. The summed E-state index contributed by atoms with van der Waals surface area (Å²) >= 11 is 0. The van der Waals surface area contributed by atoms with Crippen molar-refractivity contribution in [3.63, 3.8) is 0 Å². The summed E-state index contributed by atoms with van der Waals surface area (Å²) in [7, 11) is 0. The molecule has 1 aliphatic rings. The smallest absolute Gasteiger partial charge is 0.163 e. The molecule has 0 fully saturated rings. The minimum absolute atomic E-state index is 0.0781. The standard InChI is InChI=1S/C15H20O2/c1-11-5-4-6-12(2)9-15(17)14(8-7-11)13(3)10-16/h6-7,10H,4-5,8-9H2,1-3H3. The minimum Gasteiger partial charge on any atom is -0.298 e. The molecule has 0 saturated heterocycles. The van der Waals surface area contributed by atoms with E-state index in [1.807, 2.05) is 6.92 Å². The molecule has 0 amide bonds. The predicted octanol–water partition coefficient (Wildman–Crippen LogP) is 3.54. The van der Waals surface area contributed by atoms with Crippen molar-refractivity contribution in [3.05, 3.63) is 34.4 Å². The van der Waals surface area contributed by atoms with Crippen LogP contribution >= 0.6 is 0 Å². The quantitative estimate of drug-likeness (QED) is 0.393. The van der Waals surface area contributed by atoms with Gasteiger partial charge in [-0.05, 0) is 45.6 Å². The lowest BCUT2D eigenvalue weighted by molar-refractivity contribution is -0.115. The number of ketones is 1. The van der Waals surface area contributed by atoms with Crippen LogP contribution in [0.2, 0.25) is 0 Å². The molecular formula is C15H20O2. The maximum atomic E-state index is 12.1. The second-order valence-corrected chi connectivity index (χ2v) is 4.72. The molecule has 92 valence electrons. The van der Waals surface area contributed by atoms with Crippen LogP contribution in [-0.2, 0) is 9.59 Å². The maximum absolute atomic E-state index is 12.1. The molecule has 0 heterocycles. The highest BCUT2D eigenvalue weighted by molar-refractivity contribution is 6.01. The van der Waals surface area contributed by atoms with Gasteiger partial charge in [-0.25, -0.2) is 0 Å². The van der Waals surface area contributed by atoms with Gasteiger partial charge in [0.05, 0.1) is 0 Å². The second kappa shape index (κ2) is 6.33. The number of allylic oxidation sites excluding steroid dienone is 6. The van der Waals surface area contributed by atoms with Crippen molar-refractivity contribution < 1.29 is 9.59 Å². The van der Waals surface area contributed by atoms with E-state index in [-0.39, 0.29) is 5.78 Å². The van der Waals surface area contributed by atoms with Gasteiger partial charge in [0.1, 0.15) is 6.29 Å². The van der Waals surface area contributed by atoms with Crippen LogP contribution in [-0.4, -0.2) is 12.1 Å². The largest absolute Gasteiger partial charge is 0.298 e. The zero-order valence-corrected chi connectivity index (χ0v) is 10.9. The fourth-order valence-electron chi connectivity index (χ4n) is 1.92. The zero-order valence-electron chi connectivity index (χ0n) is 10.9. The average Bonchev–Trinajstić information content (AvgIpc) is 2.28. The Bertz CT molecular complexity index is 409. The van der Waals surface area contributed by atoms with Crippen LogP contribution in [0.3, 0.4) is 0 Å². The van der Waals surface area contributed by atoms with Gasteiger partial charge in [-0.3, -0.25) is 9.59 Å². The van der Waals surface area contributed by atoms with E-state index < -0.39 is 0 Å². The third-order valence-corrected chi connectivity index (χ3v) is 3.11. The van der Waals surface area contributed by atoms with Crippen LogP contribution in [0.25, 0.3) is 0 Å². The maximum Gasteiger partial charge on any atom is 0.163 e. The molecule has 0 radical (unpaired) electrons. The molecule has 0 saturated carbocycles. The number of aldehydes is 1. The molecule has 0 bridgehead atoms. The Morgan fingerprint density at radius 2 is 1.94 bits per heavy atom. The van der Waals surface area contributed by atoms with E-state index >= 15 is 0 Å². The van der Waals surface area contributed by atoms with Crippen LogP contribution in [0.1, 0.15) is 46.5 Å². The van der Waals surface area contributed by atoms with Crippen molar-refractivity contribution in [2.75, 3.05) is 0 Å². The van der Waals surface area contributed by atoms with E-state index in [9.17, 15) is 9.59 Å². The molecule has 0 unspecified atom stereocenters. The van der Waals surface area contributed by atoms with Gasteiger partial charge < -0.3 is 0 Å². The molecule has 0 aromatic rings. The summed E-state index contributed by atoms with van der Waals surface area (Å²) in [6.45, 7) is 5.77. The molecular weight excluding hydrogens is 212 g/mol. The fourth-order valence-corrected chi connectivity index (χ4v) is 1.92. The van der Waals surface area contributed by atoms with E-state index in [2.05, 4.69) is 19.1 Å². The van der Waals surface area contributed by atoms with Crippen LogP contribution in [0.5, 0.6) is 0 Å². The van der Waals surface area contributed by atoms with Crippen LogP contribution in [0.4, 0.5) is 0 Å². The number of rotatable bonds is 1. The first-order valence-electron chi connectivity index (χ1n) is 6.04. The van der Waals surface area contributed by atoms with Crippen LogP contribution in [0.15, 0.2) is 34.4 Å². The molecule has 0 atom stereocenters. The van der Waals surface area contributed by atoms with E-state index in [0.29, 0.717) is 24.0 Å². The van der Waals surface area contributed by atoms with Gasteiger partial charge in [0.2, 0.25) is 0 Å². The van der Waals surface area contributed by atoms with E-state index in [1.54, 1.807) is 6.92 Å². The van der Waals surface area contributed by atoms with Gasteiger partial charge >= 0.3 is 0 Å². The molecule has 17 heavy (non-hydrogen) atoms. The molecule has 2 nitrogen and oxygen atoms in total. The number of carbonyl (C=O) groups is 2. The van der Waals surface area contributed by atoms with Gasteiger partial charge in [0, 0.05) is 12.0 Å². The monoisotopic (exact) mass is 232 g/mol. The average molecular weight is 232 g/mol. The normalized spacial score (nSPS) is 21.5. The number of hydrogen-bond acceptors (Lipinski definition) is 2. The van der Waals surface area contributed by atoms with Crippen molar-refractivity contribution in [2.24, 2.45) is 0 Å². The van der Waals surface area contributed by atoms with Gasteiger partial charge in [-0.2, -0.15) is 0 Å².